The maximum atomic E-state index is 12.1. The van der Waals surface area contributed by atoms with Crippen LogP contribution in [-0.4, -0.2) is 21.8 Å². The molecule has 2 aromatic carbocycles. The summed E-state index contributed by atoms with van der Waals surface area (Å²) in [6.07, 6.45) is 0. The van der Waals surface area contributed by atoms with E-state index in [1.54, 1.807) is 0 Å². The molecule has 2 aromatic rings. The van der Waals surface area contributed by atoms with Crippen LogP contribution in [0.25, 0.3) is 0 Å². The summed E-state index contributed by atoms with van der Waals surface area (Å²) in [4.78, 5) is 44.2. The van der Waals surface area contributed by atoms with Gasteiger partial charge in [-0.3, -0.25) is 20.2 Å². The smallest absolute Gasteiger partial charge is 0.347 e. The molecular weight excluding hydrogens is 450 g/mol. The highest BCUT2D eigenvalue weighted by molar-refractivity contribution is 6.38. The second-order valence-electron chi connectivity index (χ2n) is 4.76. The van der Waals surface area contributed by atoms with Crippen molar-refractivity contribution in [3.63, 3.8) is 0 Å². The van der Waals surface area contributed by atoms with E-state index in [0.717, 1.165) is 24.3 Å². The fourth-order valence-corrected chi connectivity index (χ4v) is 2.86. The Labute approximate surface area is 169 Å². The van der Waals surface area contributed by atoms with Gasteiger partial charge in [0.25, 0.3) is 11.4 Å². The largest absolute Gasteiger partial charge is 0.386 e. The van der Waals surface area contributed by atoms with Crippen molar-refractivity contribution in [2.24, 2.45) is 0 Å². The second-order valence-corrected chi connectivity index (χ2v) is 6.39. The number of benzene rings is 2. The molecule has 0 spiro atoms. The van der Waals surface area contributed by atoms with Crippen LogP contribution in [0.4, 0.5) is 11.4 Å². The average molecular weight is 454 g/mol. The van der Waals surface area contributed by atoms with E-state index in [0.29, 0.717) is 0 Å². The topological polar surface area (TPSA) is 130 Å². The molecule has 0 heterocycles. The molecule has 0 aliphatic carbocycles. The van der Waals surface area contributed by atoms with Crippen LogP contribution in [0.15, 0.2) is 24.3 Å². The zero-order valence-electron chi connectivity index (χ0n) is 12.6. The van der Waals surface area contributed by atoms with Gasteiger partial charge in [-0.1, -0.05) is 46.4 Å². The molecule has 0 fully saturated rings. The molecule has 9 nitrogen and oxygen atoms in total. The number of nitro benzene ring substituents is 2. The first kappa shape index (κ1) is 20.8. The van der Waals surface area contributed by atoms with Gasteiger partial charge in [-0.2, -0.15) is 0 Å². The summed E-state index contributed by atoms with van der Waals surface area (Å²) in [6.45, 7) is 0. The zero-order valence-corrected chi connectivity index (χ0v) is 15.6. The van der Waals surface area contributed by atoms with E-state index < -0.39 is 54.3 Å². The van der Waals surface area contributed by atoms with Gasteiger partial charge in [0.05, 0.1) is 31.0 Å². The fraction of sp³-hybridized carbons (Fsp3) is 0. The van der Waals surface area contributed by atoms with Gasteiger partial charge >= 0.3 is 11.9 Å². The van der Waals surface area contributed by atoms with Crippen molar-refractivity contribution in [1.29, 1.82) is 0 Å². The first-order valence-electron chi connectivity index (χ1n) is 6.56. The van der Waals surface area contributed by atoms with Gasteiger partial charge in [0, 0.05) is 12.1 Å². The summed E-state index contributed by atoms with van der Waals surface area (Å²) in [5.41, 5.74) is -2.11. The van der Waals surface area contributed by atoms with Gasteiger partial charge in [0.1, 0.15) is 10.0 Å². The second kappa shape index (κ2) is 8.05. The number of halogens is 4. The normalized spacial score (nSPS) is 10.4. The molecule has 0 unspecified atom stereocenters. The van der Waals surface area contributed by atoms with E-state index in [9.17, 15) is 29.8 Å². The molecule has 140 valence electrons. The summed E-state index contributed by atoms with van der Waals surface area (Å²) in [5, 5.41) is 20.3. The number of nitrogens with zero attached hydrogens (tertiary/aromatic N) is 2. The van der Waals surface area contributed by atoms with Gasteiger partial charge in [-0.05, 0) is 12.1 Å². The van der Waals surface area contributed by atoms with Gasteiger partial charge in [-0.25, -0.2) is 9.59 Å². The molecule has 0 aromatic heterocycles. The Kier molecular flexibility index (Phi) is 6.22. The number of nitro groups is 2. The van der Waals surface area contributed by atoms with Crippen LogP contribution in [0, 0.1) is 20.2 Å². The number of rotatable bonds is 4. The lowest BCUT2D eigenvalue weighted by Crippen LogP contribution is -2.14. The summed E-state index contributed by atoms with van der Waals surface area (Å²) >= 11 is 22.9. The van der Waals surface area contributed by atoms with Crippen LogP contribution < -0.4 is 0 Å². The monoisotopic (exact) mass is 452 g/mol. The maximum Gasteiger partial charge on any atom is 0.347 e. The molecular formula is C14H4Cl4N2O7. The average Bonchev–Trinajstić information content (AvgIpc) is 2.55. The fourth-order valence-electron chi connectivity index (χ4n) is 1.86. The lowest BCUT2D eigenvalue weighted by molar-refractivity contribution is -0.384. The lowest BCUT2D eigenvalue weighted by atomic mass is 10.2. The number of hydrogen-bond acceptors (Lipinski definition) is 7. The minimum absolute atomic E-state index is 0.295. The summed E-state index contributed by atoms with van der Waals surface area (Å²) in [7, 11) is 0. The first-order valence-corrected chi connectivity index (χ1v) is 8.07. The van der Waals surface area contributed by atoms with Gasteiger partial charge < -0.3 is 4.74 Å². The van der Waals surface area contributed by atoms with Crippen molar-refractivity contribution in [3.05, 3.63) is 75.7 Å². The quantitative estimate of drug-likeness (QED) is 0.272. The number of hydrogen-bond donors (Lipinski definition) is 0. The van der Waals surface area contributed by atoms with Crippen LogP contribution in [0.5, 0.6) is 0 Å². The maximum absolute atomic E-state index is 12.1. The molecule has 0 aliphatic heterocycles. The summed E-state index contributed by atoms with van der Waals surface area (Å²) in [5.74, 6) is -2.62. The van der Waals surface area contributed by atoms with Crippen molar-refractivity contribution >= 4 is 69.7 Å². The first-order chi connectivity index (χ1) is 12.5. The predicted octanol–water partition coefficient (Wildman–Crippen LogP) is 5.11. The molecule has 0 aliphatic rings. The highest BCUT2D eigenvalue weighted by Gasteiger charge is 2.26. The van der Waals surface area contributed by atoms with E-state index in [2.05, 4.69) is 4.74 Å². The molecule has 0 N–H and O–H groups in total. The molecule has 0 saturated carbocycles. The third kappa shape index (κ3) is 4.45. The molecule has 0 amide bonds. The Bertz CT molecular complexity index is 1010. The van der Waals surface area contributed by atoms with E-state index in [1.807, 2.05) is 0 Å². The van der Waals surface area contributed by atoms with Crippen molar-refractivity contribution in [3.8, 4) is 0 Å². The minimum atomic E-state index is -1.32. The molecule has 0 atom stereocenters. The molecule has 13 heteroatoms. The minimum Gasteiger partial charge on any atom is -0.386 e. The number of carbonyl (C=O) groups excluding carboxylic acids is 2. The van der Waals surface area contributed by atoms with Crippen LogP contribution in [0.3, 0.4) is 0 Å². The number of carbonyl (C=O) groups is 2. The van der Waals surface area contributed by atoms with Gasteiger partial charge in [0.2, 0.25) is 0 Å². The highest BCUT2D eigenvalue weighted by Crippen LogP contribution is 2.33. The standard InChI is InChI=1S/C14H4Cl4N2O7/c15-7-3-10(18)11(19(23)24)2-6(7)14(22)27-13(21)5-1-9(17)12(20(25)26)4-8(5)16/h1-4H. The molecule has 2 rings (SSSR count). The zero-order chi connectivity index (χ0) is 20.5. The van der Waals surface area contributed by atoms with Crippen molar-refractivity contribution in [2.75, 3.05) is 0 Å². The Hall–Kier alpha value is -2.46. The van der Waals surface area contributed by atoms with Gasteiger partial charge in [-0.15, -0.1) is 0 Å². The summed E-state index contributed by atoms with van der Waals surface area (Å²) < 4.78 is 4.57. The van der Waals surface area contributed by atoms with Gasteiger partial charge in [0.15, 0.2) is 0 Å². The molecule has 27 heavy (non-hydrogen) atoms. The molecule has 0 saturated heterocycles. The molecule has 0 radical (unpaired) electrons. The Morgan fingerprint density at radius 2 is 1.11 bits per heavy atom. The van der Waals surface area contributed by atoms with Crippen LogP contribution in [0.1, 0.15) is 20.7 Å². The Morgan fingerprint density at radius 3 is 1.63 bits per heavy atom. The van der Waals surface area contributed by atoms with E-state index in [-0.39, 0.29) is 10.0 Å². The lowest BCUT2D eigenvalue weighted by Gasteiger charge is -2.07. The van der Waals surface area contributed by atoms with Crippen LogP contribution in [-0.2, 0) is 4.74 Å². The van der Waals surface area contributed by atoms with E-state index in [1.165, 1.54) is 0 Å². The van der Waals surface area contributed by atoms with Crippen molar-refractivity contribution in [2.45, 2.75) is 0 Å². The third-order valence-electron chi connectivity index (χ3n) is 3.09. The van der Waals surface area contributed by atoms with Crippen molar-refractivity contribution in [1.82, 2.24) is 0 Å². The number of esters is 2. The predicted molar refractivity (Wildman–Crippen MR) is 96.0 cm³/mol. The number of ether oxygens (including phenoxy) is 1. The third-order valence-corrected chi connectivity index (χ3v) is 4.32. The highest BCUT2D eigenvalue weighted by atomic mass is 35.5. The Balaban J connectivity index is 2.35. The van der Waals surface area contributed by atoms with Crippen molar-refractivity contribution < 1.29 is 24.2 Å². The molecule has 0 bridgehead atoms. The van der Waals surface area contributed by atoms with E-state index in [4.69, 9.17) is 46.4 Å². The Morgan fingerprint density at radius 1 is 0.704 bits per heavy atom. The van der Waals surface area contributed by atoms with Crippen LogP contribution in [0.2, 0.25) is 20.1 Å². The SMILES string of the molecule is O=C(OC(=O)c1cc([N+](=O)[O-])c(Cl)cc1Cl)c1cc(Cl)c([N+](=O)[O-])cc1Cl. The van der Waals surface area contributed by atoms with Crippen LogP contribution >= 0.6 is 46.4 Å². The van der Waals surface area contributed by atoms with E-state index >= 15 is 0 Å². The summed E-state index contributed by atoms with van der Waals surface area (Å²) in [6, 6.07) is 3.34.